The predicted molar refractivity (Wildman–Crippen MR) is 105 cm³/mol. The van der Waals surface area contributed by atoms with Crippen LogP contribution < -0.4 is 5.32 Å². The van der Waals surface area contributed by atoms with E-state index in [1.165, 1.54) is 12.8 Å². The van der Waals surface area contributed by atoms with E-state index in [0.717, 1.165) is 59.1 Å². The lowest BCUT2D eigenvalue weighted by molar-refractivity contribution is 0.0968. The topological polar surface area (TPSA) is 45.2 Å². The van der Waals surface area contributed by atoms with E-state index in [-0.39, 0.29) is 11.7 Å². The first-order chi connectivity index (χ1) is 12.1. The minimum atomic E-state index is 0.204. The number of Topliss-reactive ketones (excluding diaryl/α,β-unsaturated/α-hetero) is 1. The van der Waals surface area contributed by atoms with E-state index in [1.54, 1.807) is 6.20 Å². The number of carbonyl (C=O) groups is 1. The van der Waals surface area contributed by atoms with Gasteiger partial charge in [-0.05, 0) is 69.9 Å². The van der Waals surface area contributed by atoms with Crippen LogP contribution in [0.25, 0.3) is 10.9 Å². The van der Waals surface area contributed by atoms with Crippen LogP contribution in [0.15, 0.2) is 28.9 Å². The summed E-state index contributed by atoms with van der Waals surface area (Å²) in [5, 5.41) is 4.67. The maximum Gasteiger partial charge on any atom is 0.169 e. The van der Waals surface area contributed by atoms with Gasteiger partial charge in [-0.3, -0.25) is 9.78 Å². The molecule has 1 aromatic heterocycles. The second kappa shape index (κ2) is 7.04. The Morgan fingerprint density at radius 3 is 2.76 bits per heavy atom. The number of halogens is 1. The molecule has 2 aliphatic rings. The van der Waals surface area contributed by atoms with Crippen LogP contribution in [-0.4, -0.2) is 42.3 Å². The second-order valence-corrected chi connectivity index (χ2v) is 8.39. The van der Waals surface area contributed by atoms with Crippen molar-refractivity contribution in [3.63, 3.8) is 0 Å². The van der Waals surface area contributed by atoms with Crippen molar-refractivity contribution in [2.45, 2.75) is 25.7 Å². The molecular weight excluding hydrogens is 378 g/mol. The maximum absolute atomic E-state index is 12.8. The minimum absolute atomic E-state index is 0.204. The number of hydrogen-bond acceptors (Lipinski definition) is 4. The molecule has 2 fully saturated rings. The summed E-state index contributed by atoms with van der Waals surface area (Å²) in [7, 11) is 2.18. The van der Waals surface area contributed by atoms with Gasteiger partial charge in [0.1, 0.15) is 0 Å². The summed E-state index contributed by atoms with van der Waals surface area (Å²) in [4.78, 5) is 19.7. The largest absolute Gasteiger partial charge is 0.384 e. The van der Waals surface area contributed by atoms with Crippen LogP contribution in [0, 0.1) is 11.8 Å². The van der Waals surface area contributed by atoms with E-state index in [0.29, 0.717) is 5.92 Å². The number of anilines is 1. The molecule has 0 unspecified atom stereocenters. The molecule has 5 heteroatoms. The third-order valence-electron chi connectivity index (χ3n) is 5.45. The number of hydrogen-bond donors (Lipinski definition) is 1. The number of likely N-dealkylation sites (tertiary alicyclic amines) is 1. The number of rotatable bonds is 5. The summed E-state index contributed by atoms with van der Waals surface area (Å²) >= 11 is 3.56. The van der Waals surface area contributed by atoms with Crippen LogP contribution in [0.2, 0.25) is 0 Å². The molecule has 132 valence electrons. The fourth-order valence-electron chi connectivity index (χ4n) is 3.62. The molecule has 1 N–H and O–H groups in total. The quantitative estimate of drug-likeness (QED) is 0.756. The van der Waals surface area contributed by atoms with Gasteiger partial charge in [-0.1, -0.05) is 15.9 Å². The Hall–Kier alpha value is -1.46. The molecule has 0 spiro atoms. The van der Waals surface area contributed by atoms with Gasteiger partial charge in [-0.15, -0.1) is 0 Å². The van der Waals surface area contributed by atoms with E-state index >= 15 is 0 Å². The summed E-state index contributed by atoms with van der Waals surface area (Å²) in [6.07, 6.45) is 6.23. The monoisotopic (exact) mass is 401 g/mol. The standard InChI is InChI=1S/C20H24BrN3O/c1-24-8-6-13(7-9-24)11-23-19-16-10-15(21)4-5-18(16)22-12-17(19)20(25)14-2-3-14/h4-5,10,12-14H,2-3,6-9,11H2,1H3,(H,22,23). The summed E-state index contributed by atoms with van der Waals surface area (Å²) in [5.74, 6) is 1.12. The summed E-state index contributed by atoms with van der Waals surface area (Å²) in [6.45, 7) is 3.23. The number of nitrogens with zero attached hydrogens (tertiary/aromatic N) is 2. The van der Waals surface area contributed by atoms with Gasteiger partial charge in [0, 0.05) is 28.5 Å². The fraction of sp³-hybridized carbons (Fsp3) is 0.500. The first-order valence-electron chi connectivity index (χ1n) is 9.16. The highest BCUT2D eigenvalue weighted by molar-refractivity contribution is 9.10. The fourth-order valence-corrected chi connectivity index (χ4v) is 3.98. The average Bonchev–Trinajstić information content (AvgIpc) is 3.45. The maximum atomic E-state index is 12.8. The number of aromatic nitrogens is 1. The van der Waals surface area contributed by atoms with Gasteiger partial charge in [0.15, 0.2) is 5.78 Å². The third-order valence-corrected chi connectivity index (χ3v) is 5.94. The van der Waals surface area contributed by atoms with E-state index in [1.807, 2.05) is 12.1 Å². The Bertz CT molecular complexity index is 795. The van der Waals surface area contributed by atoms with Crippen molar-refractivity contribution < 1.29 is 4.79 Å². The summed E-state index contributed by atoms with van der Waals surface area (Å²) in [6, 6.07) is 6.08. The Morgan fingerprint density at radius 1 is 1.28 bits per heavy atom. The van der Waals surface area contributed by atoms with Crippen molar-refractivity contribution in [3.05, 3.63) is 34.4 Å². The Labute approximate surface area is 157 Å². The Balaban J connectivity index is 1.64. The van der Waals surface area contributed by atoms with Crippen LogP contribution in [0.1, 0.15) is 36.0 Å². The van der Waals surface area contributed by atoms with E-state index < -0.39 is 0 Å². The highest BCUT2D eigenvalue weighted by Crippen LogP contribution is 2.37. The number of benzene rings is 1. The Kier molecular flexibility index (Phi) is 4.78. The molecule has 0 radical (unpaired) electrons. The molecule has 0 bridgehead atoms. The number of fused-ring (bicyclic) bond motifs is 1. The van der Waals surface area contributed by atoms with Crippen LogP contribution in [-0.2, 0) is 0 Å². The number of pyridine rings is 1. The van der Waals surface area contributed by atoms with Gasteiger partial charge in [0.2, 0.25) is 0 Å². The number of piperidine rings is 1. The minimum Gasteiger partial charge on any atom is -0.384 e. The van der Waals surface area contributed by atoms with Crippen molar-refractivity contribution in [1.29, 1.82) is 0 Å². The first-order valence-corrected chi connectivity index (χ1v) is 9.96. The van der Waals surface area contributed by atoms with Crippen molar-refractivity contribution >= 4 is 38.3 Å². The zero-order valence-corrected chi connectivity index (χ0v) is 16.2. The van der Waals surface area contributed by atoms with Gasteiger partial charge in [-0.2, -0.15) is 0 Å². The molecule has 4 rings (SSSR count). The smallest absolute Gasteiger partial charge is 0.169 e. The van der Waals surface area contributed by atoms with Gasteiger partial charge in [0.25, 0.3) is 0 Å². The lowest BCUT2D eigenvalue weighted by Gasteiger charge is -2.29. The lowest BCUT2D eigenvalue weighted by Crippen LogP contribution is -2.33. The van der Waals surface area contributed by atoms with E-state index in [9.17, 15) is 4.79 Å². The molecule has 1 aliphatic carbocycles. The summed E-state index contributed by atoms with van der Waals surface area (Å²) in [5.41, 5.74) is 2.67. The molecule has 2 aromatic rings. The average molecular weight is 402 g/mol. The van der Waals surface area contributed by atoms with Crippen LogP contribution in [0.5, 0.6) is 0 Å². The summed E-state index contributed by atoms with van der Waals surface area (Å²) < 4.78 is 1.01. The number of ketones is 1. The van der Waals surface area contributed by atoms with Crippen LogP contribution in [0.3, 0.4) is 0 Å². The molecule has 2 heterocycles. The van der Waals surface area contributed by atoms with Crippen molar-refractivity contribution in [3.8, 4) is 0 Å². The number of nitrogens with one attached hydrogen (secondary N) is 1. The zero-order valence-electron chi connectivity index (χ0n) is 14.6. The molecule has 0 amide bonds. The zero-order chi connectivity index (χ0) is 17.4. The van der Waals surface area contributed by atoms with Crippen LogP contribution in [0.4, 0.5) is 5.69 Å². The van der Waals surface area contributed by atoms with Gasteiger partial charge in [-0.25, -0.2) is 0 Å². The van der Waals surface area contributed by atoms with Gasteiger partial charge < -0.3 is 10.2 Å². The van der Waals surface area contributed by atoms with Crippen molar-refractivity contribution in [2.24, 2.45) is 11.8 Å². The molecule has 25 heavy (non-hydrogen) atoms. The molecular formula is C20H24BrN3O. The third kappa shape index (κ3) is 3.72. The lowest BCUT2D eigenvalue weighted by atomic mass is 9.96. The Morgan fingerprint density at radius 2 is 2.04 bits per heavy atom. The molecule has 1 saturated heterocycles. The molecule has 1 aromatic carbocycles. The first kappa shape index (κ1) is 17.0. The second-order valence-electron chi connectivity index (χ2n) is 7.47. The number of carbonyl (C=O) groups excluding carboxylic acids is 1. The van der Waals surface area contributed by atoms with Gasteiger partial charge >= 0.3 is 0 Å². The molecule has 1 aliphatic heterocycles. The normalized spacial score (nSPS) is 19.3. The van der Waals surface area contributed by atoms with Crippen molar-refractivity contribution in [1.82, 2.24) is 9.88 Å². The SMILES string of the molecule is CN1CCC(CNc2c(C(=O)C3CC3)cnc3ccc(Br)cc23)CC1. The highest BCUT2D eigenvalue weighted by Gasteiger charge is 2.32. The van der Waals surface area contributed by atoms with E-state index in [4.69, 9.17) is 0 Å². The highest BCUT2D eigenvalue weighted by atomic mass is 79.9. The molecule has 1 saturated carbocycles. The van der Waals surface area contributed by atoms with Crippen molar-refractivity contribution in [2.75, 3.05) is 32.0 Å². The van der Waals surface area contributed by atoms with E-state index in [2.05, 4.69) is 44.2 Å². The molecule has 0 atom stereocenters. The van der Waals surface area contributed by atoms with Crippen LogP contribution >= 0.6 is 15.9 Å². The molecule has 4 nitrogen and oxygen atoms in total. The van der Waals surface area contributed by atoms with Gasteiger partial charge in [0.05, 0.1) is 16.8 Å². The predicted octanol–water partition coefficient (Wildman–Crippen LogP) is 4.34.